The van der Waals surface area contributed by atoms with Crippen LogP contribution in [0.1, 0.15) is 32.6 Å². The molecule has 0 spiro atoms. The molecule has 0 bridgehead atoms. The summed E-state index contributed by atoms with van der Waals surface area (Å²) in [5.41, 5.74) is 6.31. The minimum atomic E-state index is -0.364. The largest absolute Gasteiger partial charge is 0.446 e. The predicted molar refractivity (Wildman–Crippen MR) is 86.5 cm³/mol. The van der Waals surface area contributed by atoms with Crippen LogP contribution in [0.25, 0.3) is 0 Å². The maximum atomic E-state index is 12.4. The zero-order chi connectivity index (χ0) is 15.0. The van der Waals surface area contributed by atoms with Gasteiger partial charge in [0.15, 0.2) is 5.78 Å². The van der Waals surface area contributed by atoms with Gasteiger partial charge >= 0.3 is 6.92 Å². The summed E-state index contributed by atoms with van der Waals surface area (Å²) < 4.78 is 0. The van der Waals surface area contributed by atoms with Gasteiger partial charge in [-0.1, -0.05) is 35.9 Å². The molecule has 1 aliphatic heterocycles. The van der Waals surface area contributed by atoms with E-state index in [9.17, 15) is 9.82 Å². The van der Waals surface area contributed by atoms with E-state index in [0.29, 0.717) is 6.42 Å². The average molecular weight is 278 g/mol. The molecular formula is C18H19BO2. The van der Waals surface area contributed by atoms with E-state index in [1.54, 1.807) is 0 Å². The van der Waals surface area contributed by atoms with E-state index in [2.05, 4.69) is 6.07 Å². The molecule has 0 aromatic heterocycles. The number of aryl methyl sites for hydroxylation is 3. The van der Waals surface area contributed by atoms with Crippen LogP contribution in [-0.2, 0) is 12.8 Å². The van der Waals surface area contributed by atoms with Crippen molar-refractivity contribution in [1.29, 1.82) is 0 Å². The molecule has 0 saturated carbocycles. The summed E-state index contributed by atoms with van der Waals surface area (Å²) in [7, 11) is 0. The molecule has 21 heavy (non-hydrogen) atoms. The molecule has 0 saturated heterocycles. The van der Waals surface area contributed by atoms with Crippen molar-refractivity contribution in [2.75, 3.05) is 0 Å². The summed E-state index contributed by atoms with van der Waals surface area (Å²) in [5.74, 6) is 0.130. The minimum absolute atomic E-state index is 0.130. The van der Waals surface area contributed by atoms with E-state index in [1.165, 1.54) is 11.1 Å². The third-order valence-electron chi connectivity index (χ3n) is 4.45. The molecule has 0 aliphatic carbocycles. The number of ketones is 1. The van der Waals surface area contributed by atoms with Crippen molar-refractivity contribution in [3.63, 3.8) is 0 Å². The first-order valence-corrected chi connectivity index (χ1v) is 7.45. The van der Waals surface area contributed by atoms with Crippen LogP contribution in [0.15, 0.2) is 36.4 Å². The highest BCUT2D eigenvalue weighted by Gasteiger charge is 2.25. The summed E-state index contributed by atoms with van der Waals surface area (Å²) >= 11 is 0. The maximum Gasteiger partial charge on any atom is 0.324 e. The summed E-state index contributed by atoms with van der Waals surface area (Å²) in [5, 5.41) is 9.94. The van der Waals surface area contributed by atoms with Crippen LogP contribution in [0, 0.1) is 13.8 Å². The first-order valence-electron chi connectivity index (χ1n) is 7.45. The third kappa shape index (κ3) is 2.79. The lowest BCUT2D eigenvalue weighted by Crippen LogP contribution is -2.26. The fourth-order valence-corrected chi connectivity index (χ4v) is 2.94. The summed E-state index contributed by atoms with van der Waals surface area (Å²) in [6.07, 6.45) is 2.12. The second-order valence-electron chi connectivity index (χ2n) is 5.99. The number of rotatable bonds is 3. The Labute approximate surface area is 125 Å². The highest BCUT2D eigenvalue weighted by molar-refractivity contribution is 6.68. The van der Waals surface area contributed by atoms with Gasteiger partial charge in [-0.2, -0.15) is 0 Å². The average Bonchev–Trinajstić information content (AvgIpc) is 2.83. The van der Waals surface area contributed by atoms with Crippen LogP contribution in [0.3, 0.4) is 0 Å². The minimum Gasteiger partial charge on any atom is -0.446 e. The van der Waals surface area contributed by atoms with Gasteiger partial charge in [-0.15, -0.1) is 0 Å². The van der Waals surface area contributed by atoms with Gasteiger partial charge in [0.05, 0.1) is 0 Å². The Bertz CT molecular complexity index is 706. The molecular weight excluding hydrogens is 259 g/mol. The van der Waals surface area contributed by atoms with Crippen LogP contribution < -0.4 is 5.46 Å². The number of carbonyl (C=O) groups excluding carboxylic acids is 1. The Balaban J connectivity index is 1.82. The van der Waals surface area contributed by atoms with Gasteiger partial charge in [0.1, 0.15) is 0 Å². The van der Waals surface area contributed by atoms with Crippen LogP contribution >= 0.6 is 0 Å². The van der Waals surface area contributed by atoms with E-state index >= 15 is 0 Å². The van der Waals surface area contributed by atoms with Gasteiger partial charge in [-0.25, -0.2) is 0 Å². The normalized spacial score (nSPS) is 13.4. The Morgan fingerprint density at radius 2 is 1.95 bits per heavy atom. The number of Topliss-reactive ketones (excluding diaryl/α,β-unsaturated/α-hetero) is 1. The van der Waals surface area contributed by atoms with Crippen molar-refractivity contribution in [3.8, 4) is 0 Å². The van der Waals surface area contributed by atoms with Crippen LogP contribution in [0.2, 0.25) is 6.32 Å². The van der Waals surface area contributed by atoms with E-state index in [-0.39, 0.29) is 12.7 Å². The molecule has 3 rings (SSSR count). The number of benzene rings is 2. The summed E-state index contributed by atoms with van der Waals surface area (Å²) in [4.78, 5) is 12.4. The molecule has 106 valence electrons. The zero-order valence-electron chi connectivity index (χ0n) is 12.5. The van der Waals surface area contributed by atoms with Crippen molar-refractivity contribution >= 4 is 18.2 Å². The molecule has 0 radical (unpaired) electrons. The smallest absolute Gasteiger partial charge is 0.324 e. The van der Waals surface area contributed by atoms with Gasteiger partial charge in [-0.3, -0.25) is 4.79 Å². The molecule has 2 nitrogen and oxygen atoms in total. The van der Waals surface area contributed by atoms with Crippen molar-refractivity contribution in [1.82, 2.24) is 0 Å². The lowest BCUT2D eigenvalue weighted by Gasteiger charge is -2.07. The molecule has 1 N–H and O–H groups in total. The van der Waals surface area contributed by atoms with E-state index in [0.717, 1.165) is 34.9 Å². The monoisotopic (exact) mass is 278 g/mol. The highest BCUT2D eigenvalue weighted by Crippen LogP contribution is 2.17. The van der Waals surface area contributed by atoms with Gasteiger partial charge in [0.2, 0.25) is 0 Å². The number of hydrogen-bond donors (Lipinski definition) is 1. The second-order valence-corrected chi connectivity index (χ2v) is 5.99. The standard InChI is InChI=1S/C18H19BO2/c1-12-3-5-16(9-13(12)2)18(20)11-14-4-6-15-7-8-19(21)17(15)10-14/h3-6,9-10,21H,7-8,11H2,1-2H3. The van der Waals surface area contributed by atoms with Crippen molar-refractivity contribution in [3.05, 3.63) is 64.2 Å². The van der Waals surface area contributed by atoms with Crippen molar-refractivity contribution in [2.45, 2.75) is 33.0 Å². The SMILES string of the molecule is Cc1ccc(C(=O)Cc2ccc3c(c2)B(O)CC3)cc1C. The fourth-order valence-electron chi connectivity index (χ4n) is 2.94. The van der Waals surface area contributed by atoms with Crippen LogP contribution in [-0.4, -0.2) is 17.7 Å². The topological polar surface area (TPSA) is 37.3 Å². The third-order valence-corrected chi connectivity index (χ3v) is 4.45. The first kappa shape index (κ1) is 14.1. The van der Waals surface area contributed by atoms with E-state index in [4.69, 9.17) is 0 Å². The van der Waals surface area contributed by atoms with Gasteiger partial charge in [0.25, 0.3) is 0 Å². The molecule has 3 heteroatoms. The lowest BCUT2D eigenvalue weighted by atomic mass is 9.63. The number of fused-ring (bicyclic) bond motifs is 1. The van der Waals surface area contributed by atoms with Crippen molar-refractivity contribution < 1.29 is 9.82 Å². The molecule has 1 aliphatic rings. The number of hydrogen-bond acceptors (Lipinski definition) is 2. The van der Waals surface area contributed by atoms with Gasteiger partial charge in [0, 0.05) is 12.0 Å². The molecule has 0 fully saturated rings. The quantitative estimate of drug-likeness (QED) is 0.691. The van der Waals surface area contributed by atoms with Gasteiger partial charge < -0.3 is 5.02 Å². The van der Waals surface area contributed by atoms with Crippen molar-refractivity contribution in [2.24, 2.45) is 0 Å². The van der Waals surface area contributed by atoms with Gasteiger partial charge in [-0.05, 0) is 54.8 Å². The fraction of sp³-hybridized carbons (Fsp3) is 0.278. The molecule has 2 aromatic rings. The Morgan fingerprint density at radius 3 is 2.71 bits per heavy atom. The maximum absolute atomic E-state index is 12.4. The Morgan fingerprint density at radius 1 is 1.14 bits per heavy atom. The predicted octanol–water partition coefficient (Wildman–Crippen LogP) is 2.48. The molecule has 0 amide bonds. The Kier molecular flexibility index (Phi) is 3.68. The second kappa shape index (κ2) is 5.49. The molecule has 0 unspecified atom stereocenters. The summed E-state index contributed by atoms with van der Waals surface area (Å²) in [6, 6.07) is 11.9. The number of carbonyl (C=O) groups is 1. The summed E-state index contributed by atoms with van der Waals surface area (Å²) in [6.45, 7) is 3.71. The first-order chi connectivity index (χ1) is 10.0. The molecule has 1 heterocycles. The molecule has 2 aromatic carbocycles. The highest BCUT2D eigenvalue weighted by atomic mass is 16.2. The van der Waals surface area contributed by atoms with E-state index < -0.39 is 0 Å². The lowest BCUT2D eigenvalue weighted by molar-refractivity contribution is 0.0993. The zero-order valence-corrected chi connectivity index (χ0v) is 12.5. The molecule has 0 atom stereocenters. The van der Waals surface area contributed by atoms with Crippen LogP contribution in [0.5, 0.6) is 0 Å². The van der Waals surface area contributed by atoms with Crippen LogP contribution in [0.4, 0.5) is 0 Å². The Hall–Kier alpha value is -1.87. The van der Waals surface area contributed by atoms with E-state index in [1.807, 2.05) is 44.2 Å².